The molecule has 2 N–H and O–H groups in total. The minimum absolute atomic E-state index is 0.0593. The van der Waals surface area contributed by atoms with E-state index in [-0.39, 0.29) is 11.6 Å². The molecule has 2 aliphatic heterocycles. The van der Waals surface area contributed by atoms with Gasteiger partial charge in [-0.3, -0.25) is 24.8 Å². The molecule has 0 aliphatic carbocycles. The number of amides is 1. The average molecular weight is 535 g/mol. The first kappa shape index (κ1) is 25.6. The molecule has 1 amide bonds. The second-order valence-corrected chi connectivity index (χ2v) is 10.3. The Kier molecular flexibility index (Phi) is 6.96. The highest BCUT2D eigenvalue weighted by molar-refractivity contribution is 6.24. The van der Waals surface area contributed by atoms with Crippen LogP contribution < -0.4 is 5.32 Å². The molecular weight excluding hydrogens is 504 g/mol. The molecule has 202 valence electrons. The number of carbonyl (C=O) groups is 1. The van der Waals surface area contributed by atoms with Crippen LogP contribution in [0.2, 0.25) is 0 Å². The van der Waals surface area contributed by atoms with Crippen molar-refractivity contribution in [3.63, 3.8) is 0 Å². The Morgan fingerprint density at radius 3 is 2.50 bits per heavy atom. The van der Waals surface area contributed by atoms with Gasteiger partial charge >= 0.3 is 0 Å². The third-order valence-electron chi connectivity index (χ3n) is 7.60. The molecule has 40 heavy (non-hydrogen) atoms. The minimum atomic E-state index is -0.779. The van der Waals surface area contributed by atoms with Crippen LogP contribution in [0.4, 0.5) is 17.1 Å². The monoisotopic (exact) mass is 534 g/mol. The number of aromatic amines is 1. The van der Waals surface area contributed by atoms with E-state index in [9.17, 15) is 14.9 Å². The number of hydrogen-bond acceptors (Lipinski definition) is 6. The topological polar surface area (TPSA) is 117 Å². The van der Waals surface area contributed by atoms with Crippen molar-refractivity contribution in [2.45, 2.75) is 38.6 Å². The number of nitro groups is 1. The van der Waals surface area contributed by atoms with Gasteiger partial charge in [-0.25, -0.2) is 4.98 Å². The zero-order chi connectivity index (χ0) is 27.6. The number of aryl methyl sites for hydroxylation is 1. The number of nitro benzene ring substituents is 1. The van der Waals surface area contributed by atoms with Crippen LogP contribution in [0.5, 0.6) is 0 Å². The van der Waals surface area contributed by atoms with Crippen LogP contribution in [-0.2, 0) is 17.8 Å². The summed E-state index contributed by atoms with van der Waals surface area (Å²) in [5.74, 6) is -0.108. The van der Waals surface area contributed by atoms with E-state index in [1.54, 1.807) is 6.07 Å². The first-order valence-electron chi connectivity index (χ1n) is 13.6. The van der Waals surface area contributed by atoms with Gasteiger partial charge in [0.2, 0.25) is 5.91 Å². The first-order valence-corrected chi connectivity index (χ1v) is 13.6. The highest BCUT2D eigenvalue weighted by Crippen LogP contribution is 2.38. The minimum Gasteiger partial charge on any atom is -0.342 e. The third kappa shape index (κ3) is 5.15. The Balaban J connectivity index is 1.38. The molecule has 6 rings (SSSR count). The summed E-state index contributed by atoms with van der Waals surface area (Å²) in [7, 11) is 0. The number of rotatable bonds is 8. The molecule has 3 aromatic carbocycles. The average Bonchev–Trinajstić information content (AvgIpc) is 3.72. The summed E-state index contributed by atoms with van der Waals surface area (Å²) < 4.78 is 0. The molecule has 1 saturated heterocycles. The van der Waals surface area contributed by atoms with Gasteiger partial charge in [0.1, 0.15) is 11.7 Å². The van der Waals surface area contributed by atoms with Crippen molar-refractivity contribution in [2.75, 3.05) is 18.4 Å². The number of hydrogen-bond donors (Lipinski definition) is 2. The van der Waals surface area contributed by atoms with Gasteiger partial charge in [0.15, 0.2) is 0 Å². The molecule has 1 aromatic heterocycles. The molecule has 9 heteroatoms. The Morgan fingerprint density at radius 2 is 1.82 bits per heavy atom. The van der Waals surface area contributed by atoms with Crippen LogP contribution in [0.25, 0.3) is 11.3 Å². The van der Waals surface area contributed by atoms with Gasteiger partial charge in [0.25, 0.3) is 5.69 Å². The maximum Gasteiger partial charge on any atom is 0.269 e. The second-order valence-electron chi connectivity index (χ2n) is 10.3. The van der Waals surface area contributed by atoms with Crippen molar-refractivity contribution < 1.29 is 9.72 Å². The number of fused-ring (bicyclic) bond motifs is 1. The van der Waals surface area contributed by atoms with Crippen LogP contribution in [-0.4, -0.2) is 44.5 Å². The first-order chi connectivity index (χ1) is 19.5. The highest BCUT2D eigenvalue weighted by Gasteiger charge is 2.36. The van der Waals surface area contributed by atoms with Crippen molar-refractivity contribution in [1.29, 1.82) is 0 Å². The lowest BCUT2D eigenvalue weighted by Crippen LogP contribution is -2.22. The summed E-state index contributed by atoms with van der Waals surface area (Å²) in [5.41, 5.74) is 6.21. The number of carbonyl (C=O) groups excluding carboxylic acids is 1. The zero-order valence-corrected chi connectivity index (χ0v) is 22.3. The fourth-order valence-electron chi connectivity index (χ4n) is 5.45. The molecular formula is C31H30N6O3. The molecule has 0 saturated carbocycles. The SMILES string of the molecule is CCc1ncc(-c2ccc(N=C(c3ccc(CN4CCCC4)cc3)C3C(=O)Nc4ccc([N+](=O)[O-])cc43)cc2)[nH]1. The Hall–Kier alpha value is -4.63. The number of nitrogens with one attached hydrogen (secondary N) is 2. The van der Waals surface area contributed by atoms with Crippen LogP contribution in [0.1, 0.15) is 48.2 Å². The number of imidazole rings is 1. The van der Waals surface area contributed by atoms with Crippen LogP contribution >= 0.6 is 0 Å². The van der Waals surface area contributed by atoms with Gasteiger partial charge in [0.05, 0.1) is 28.2 Å². The van der Waals surface area contributed by atoms with E-state index in [2.05, 4.69) is 32.3 Å². The number of likely N-dealkylation sites (tertiary alicyclic amines) is 1. The predicted molar refractivity (Wildman–Crippen MR) is 155 cm³/mol. The number of non-ortho nitro benzene ring substituents is 1. The molecule has 0 spiro atoms. The maximum absolute atomic E-state index is 13.3. The molecule has 1 fully saturated rings. The highest BCUT2D eigenvalue weighted by atomic mass is 16.6. The Bertz CT molecular complexity index is 1580. The smallest absolute Gasteiger partial charge is 0.269 e. The van der Waals surface area contributed by atoms with Crippen molar-refractivity contribution >= 4 is 28.7 Å². The maximum atomic E-state index is 13.3. The standard InChI is InChI=1S/C31H30N6O3/c1-2-28-32-18-27(34-28)21-9-11-23(12-10-21)33-30(22-7-5-20(6-8-22)19-36-15-3-4-16-36)29-25-17-24(37(39)40)13-14-26(25)35-31(29)38/h5-14,17-18,29H,2-4,15-16,19H2,1H3,(H,32,34)(H,35,38). The van der Waals surface area contributed by atoms with Gasteiger partial charge in [0, 0.05) is 36.3 Å². The summed E-state index contributed by atoms with van der Waals surface area (Å²) in [4.78, 5) is 39.5. The van der Waals surface area contributed by atoms with E-state index in [1.165, 1.54) is 30.5 Å². The van der Waals surface area contributed by atoms with Crippen molar-refractivity contribution in [2.24, 2.45) is 4.99 Å². The fraction of sp³-hybridized carbons (Fsp3) is 0.258. The van der Waals surface area contributed by atoms with Crippen molar-refractivity contribution in [3.05, 3.63) is 106 Å². The number of aromatic nitrogens is 2. The molecule has 1 unspecified atom stereocenters. The molecule has 0 radical (unpaired) electrons. The van der Waals surface area contributed by atoms with E-state index in [1.807, 2.05) is 49.5 Å². The number of aliphatic imine (C=N–C) groups is 1. The molecule has 9 nitrogen and oxygen atoms in total. The van der Waals surface area contributed by atoms with Crippen LogP contribution in [0.3, 0.4) is 0 Å². The summed E-state index contributed by atoms with van der Waals surface area (Å²) >= 11 is 0. The molecule has 3 heterocycles. The van der Waals surface area contributed by atoms with Gasteiger partial charge in [-0.2, -0.15) is 0 Å². The summed E-state index contributed by atoms with van der Waals surface area (Å²) in [6, 6.07) is 20.4. The van der Waals surface area contributed by atoms with Gasteiger partial charge in [-0.05, 0) is 60.8 Å². The number of anilines is 1. The van der Waals surface area contributed by atoms with Crippen molar-refractivity contribution in [1.82, 2.24) is 14.9 Å². The van der Waals surface area contributed by atoms with Gasteiger partial charge in [-0.15, -0.1) is 0 Å². The molecule has 1 atom stereocenters. The summed E-state index contributed by atoms with van der Waals surface area (Å²) in [6.45, 7) is 5.16. The van der Waals surface area contributed by atoms with E-state index in [0.29, 0.717) is 22.6 Å². The predicted octanol–water partition coefficient (Wildman–Crippen LogP) is 6.00. The summed E-state index contributed by atoms with van der Waals surface area (Å²) in [5, 5.41) is 14.4. The lowest BCUT2D eigenvalue weighted by atomic mass is 9.90. The molecule has 0 bridgehead atoms. The van der Waals surface area contributed by atoms with E-state index < -0.39 is 10.8 Å². The van der Waals surface area contributed by atoms with Gasteiger partial charge < -0.3 is 10.3 Å². The van der Waals surface area contributed by atoms with E-state index in [0.717, 1.165) is 48.7 Å². The number of benzene rings is 3. The van der Waals surface area contributed by atoms with Crippen molar-refractivity contribution in [3.8, 4) is 11.3 Å². The molecule has 2 aliphatic rings. The lowest BCUT2D eigenvalue weighted by Gasteiger charge is -2.17. The quantitative estimate of drug-likeness (QED) is 0.163. The Labute approximate surface area is 232 Å². The number of H-pyrrole nitrogens is 1. The van der Waals surface area contributed by atoms with E-state index in [4.69, 9.17) is 4.99 Å². The normalized spacial score (nSPS) is 17.2. The third-order valence-corrected chi connectivity index (χ3v) is 7.60. The van der Waals surface area contributed by atoms with Gasteiger partial charge in [-0.1, -0.05) is 43.3 Å². The fourth-order valence-corrected chi connectivity index (χ4v) is 5.45. The lowest BCUT2D eigenvalue weighted by molar-refractivity contribution is -0.384. The van der Waals surface area contributed by atoms with Crippen LogP contribution in [0.15, 0.2) is 77.9 Å². The number of nitrogens with zero attached hydrogens (tertiary/aromatic N) is 4. The van der Waals surface area contributed by atoms with Crippen LogP contribution in [0, 0.1) is 10.1 Å². The second kappa shape index (κ2) is 10.9. The summed E-state index contributed by atoms with van der Waals surface area (Å²) in [6.07, 6.45) is 5.11. The van der Waals surface area contributed by atoms with E-state index >= 15 is 0 Å². The molecule has 4 aromatic rings. The Morgan fingerprint density at radius 1 is 1.07 bits per heavy atom. The zero-order valence-electron chi connectivity index (χ0n) is 22.3. The largest absolute Gasteiger partial charge is 0.342 e.